The summed E-state index contributed by atoms with van der Waals surface area (Å²) in [4.78, 5) is 16.1. The van der Waals surface area contributed by atoms with Gasteiger partial charge in [0.2, 0.25) is 0 Å². The smallest absolute Gasteiger partial charge is 0.251 e. The second kappa shape index (κ2) is 13.0. The molecule has 0 fully saturated rings. The van der Waals surface area contributed by atoms with E-state index >= 15 is 0 Å². The lowest BCUT2D eigenvalue weighted by atomic mass is 10.1. The standard InChI is InChI=1S/C22H30N4O2.HI/c1-5-24-21(27)18-9-7-17(8-10-18)15-26-22(23-3)25-13-12-19-14-16(2)6-11-20(19)28-4;/h6-11,14H,5,12-13,15H2,1-4H3,(H,24,27)(H2,23,25,26);1H. The highest BCUT2D eigenvalue weighted by molar-refractivity contribution is 14.0. The summed E-state index contributed by atoms with van der Waals surface area (Å²) in [7, 11) is 3.44. The maximum Gasteiger partial charge on any atom is 0.251 e. The number of carbonyl (C=O) groups excluding carboxylic acids is 1. The van der Waals surface area contributed by atoms with E-state index < -0.39 is 0 Å². The highest BCUT2D eigenvalue weighted by atomic mass is 127. The van der Waals surface area contributed by atoms with Gasteiger partial charge in [0.25, 0.3) is 5.91 Å². The van der Waals surface area contributed by atoms with Crippen molar-refractivity contribution in [1.82, 2.24) is 16.0 Å². The second-order valence-corrected chi connectivity index (χ2v) is 6.47. The van der Waals surface area contributed by atoms with Gasteiger partial charge in [-0.15, -0.1) is 24.0 Å². The van der Waals surface area contributed by atoms with Gasteiger partial charge in [-0.1, -0.05) is 29.8 Å². The molecule has 0 aromatic heterocycles. The number of aliphatic imine (C=N–C) groups is 1. The van der Waals surface area contributed by atoms with Gasteiger partial charge in [-0.05, 0) is 49.6 Å². The first-order chi connectivity index (χ1) is 13.6. The lowest BCUT2D eigenvalue weighted by Crippen LogP contribution is -2.37. The van der Waals surface area contributed by atoms with E-state index in [9.17, 15) is 4.79 Å². The number of carbonyl (C=O) groups is 1. The minimum absolute atomic E-state index is 0. The van der Waals surface area contributed by atoms with E-state index in [1.807, 2.05) is 43.3 Å². The first-order valence-corrected chi connectivity index (χ1v) is 9.52. The third kappa shape index (κ3) is 7.92. The van der Waals surface area contributed by atoms with Crippen molar-refractivity contribution in [3.8, 4) is 5.75 Å². The Labute approximate surface area is 190 Å². The molecule has 0 aliphatic heterocycles. The van der Waals surface area contributed by atoms with Crippen LogP contribution in [-0.4, -0.2) is 39.1 Å². The molecule has 0 spiro atoms. The zero-order chi connectivity index (χ0) is 20.4. The van der Waals surface area contributed by atoms with E-state index in [4.69, 9.17) is 4.74 Å². The molecule has 3 N–H and O–H groups in total. The van der Waals surface area contributed by atoms with Crippen molar-refractivity contribution in [2.45, 2.75) is 26.8 Å². The molecule has 2 rings (SSSR count). The number of methoxy groups -OCH3 is 1. The molecule has 0 saturated heterocycles. The number of ether oxygens (including phenoxy) is 1. The van der Waals surface area contributed by atoms with Gasteiger partial charge < -0.3 is 20.7 Å². The number of hydrogen-bond acceptors (Lipinski definition) is 3. The number of halogens is 1. The zero-order valence-corrected chi connectivity index (χ0v) is 19.9. The van der Waals surface area contributed by atoms with Crippen molar-refractivity contribution in [3.63, 3.8) is 0 Å². The maximum absolute atomic E-state index is 11.8. The fraction of sp³-hybridized carbons (Fsp3) is 0.364. The predicted octanol–water partition coefficient (Wildman–Crippen LogP) is 3.28. The monoisotopic (exact) mass is 510 g/mol. The topological polar surface area (TPSA) is 74.8 Å². The molecule has 0 radical (unpaired) electrons. The number of nitrogens with one attached hydrogen (secondary N) is 3. The van der Waals surface area contributed by atoms with Crippen LogP contribution in [-0.2, 0) is 13.0 Å². The average molecular weight is 510 g/mol. The van der Waals surface area contributed by atoms with Crippen LogP contribution in [0.5, 0.6) is 5.75 Å². The van der Waals surface area contributed by atoms with Crippen molar-refractivity contribution in [1.29, 1.82) is 0 Å². The van der Waals surface area contributed by atoms with Gasteiger partial charge in [0.1, 0.15) is 5.75 Å². The van der Waals surface area contributed by atoms with Crippen LogP contribution in [0.25, 0.3) is 0 Å². The number of rotatable bonds is 8. The molecule has 1 amide bonds. The Balaban J connectivity index is 0.00000420. The molecule has 0 bridgehead atoms. The van der Waals surface area contributed by atoms with E-state index in [0.717, 1.165) is 30.2 Å². The molecule has 7 heteroatoms. The highest BCUT2D eigenvalue weighted by Crippen LogP contribution is 2.19. The third-order valence-electron chi connectivity index (χ3n) is 4.36. The van der Waals surface area contributed by atoms with Crippen LogP contribution in [0.4, 0.5) is 0 Å². The van der Waals surface area contributed by atoms with Crippen molar-refractivity contribution in [2.75, 3.05) is 27.2 Å². The summed E-state index contributed by atoms with van der Waals surface area (Å²) in [5.74, 6) is 1.59. The normalized spacial score (nSPS) is 10.7. The van der Waals surface area contributed by atoms with E-state index in [1.165, 1.54) is 11.1 Å². The Morgan fingerprint density at radius 1 is 1.07 bits per heavy atom. The van der Waals surface area contributed by atoms with Crippen molar-refractivity contribution in [3.05, 3.63) is 64.7 Å². The van der Waals surface area contributed by atoms with Gasteiger partial charge in [-0.25, -0.2) is 0 Å². The molecule has 0 heterocycles. The predicted molar refractivity (Wildman–Crippen MR) is 130 cm³/mol. The molecule has 6 nitrogen and oxygen atoms in total. The van der Waals surface area contributed by atoms with Crippen molar-refractivity contribution < 1.29 is 9.53 Å². The van der Waals surface area contributed by atoms with E-state index in [1.54, 1.807) is 14.2 Å². The second-order valence-electron chi connectivity index (χ2n) is 6.47. The molecule has 158 valence electrons. The fourth-order valence-corrected chi connectivity index (χ4v) is 2.86. The van der Waals surface area contributed by atoms with Gasteiger partial charge in [-0.3, -0.25) is 9.79 Å². The highest BCUT2D eigenvalue weighted by Gasteiger charge is 2.06. The Morgan fingerprint density at radius 2 is 1.79 bits per heavy atom. The van der Waals surface area contributed by atoms with Gasteiger partial charge in [-0.2, -0.15) is 0 Å². The summed E-state index contributed by atoms with van der Waals surface area (Å²) in [5.41, 5.74) is 4.14. The zero-order valence-electron chi connectivity index (χ0n) is 17.5. The number of hydrogen-bond donors (Lipinski definition) is 3. The lowest BCUT2D eigenvalue weighted by Gasteiger charge is -2.14. The molecule has 0 unspecified atom stereocenters. The van der Waals surface area contributed by atoms with Gasteiger partial charge in [0.15, 0.2) is 5.96 Å². The minimum atomic E-state index is -0.0499. The summed E-state index contributed by atoms with van der Waals surface area (Å²) >= 11 is 0. The molecule has 0 aliphatic carbocycles. The van der Waals surface area contributed by atoms with Gasteiger partial charge in [0, 0.05) is 32.2 Å². The largest absolute Gasteiger partial charge is 0.496 e. The van der Waals surface area contributed by atoms with Crippen LogP contribution < -0.4 is 20.7 Å². The van der Waals surface area contributed by atoms with Crippen LogP contribution >= 0.6 is 24.0 Å². The Kier molecular flexibility index (Phi) is 11.1. The Hall–Kier alpha value is -2.29. The minimum Gasteiger partial charge on any atom is -0.496 e. The number of amides is 1. The van der Waals surface area contributed by atoms with E-state index in [-0.39, 0.29) is 29.9 Å². The summed E-state index contributed by atoms with van der Waals surface area (Å²) in [6, 6.07) is 13.8. The van der Waals surface area contributed by atoms with E-state index in [0.29, 0.717) is 18.7 Å². The summed E-state index contributed by atoms with van der Waals surface area (Å²) in [5, 5.41) is 9.41. The van der Waals surface area contributed by atoms with E-state index in [2.05, 4.69) is 33.9 Å². The quantitative estimate of drug-likeness (QED) is 0.290. The lowest BCUT2D eigenvalue weighted by molar-refractivity contribution is 0.0956. The van der Waals surface area contributed by atoms with Crippen LogP contribution in [0.2, 0.25) is 0 Å². The van der Waals surface area contributed by atoms with Gasteiger partial charge in [0.05, 0.1) is 7.11 Å². The first kappa shape index (κ1) is 24.7. The molecule has 0 atom stereocenters. The molecule has 0 saturated carbocycles. The average Bonchev–Trinajstić information content (AvgIpc) is 2.71. The first-order valence-electron chi connectivity index (χ1n) is 9.52. The summed E-state index contributed by atoms with van der Waals surface area (Å²) < 4.78 is 5.43. The SMILES string of the molecule is CCNC(=O)c1ccc(CNC(=NC)NCCc2cc(C)ccc2OC)cc1.I. The molecule has 2 aromatic rings. The van der Waals surface area contributed by atoms with Crippen molar-refractivity contribution in [2.24, 2.45) is 4.99 Å². The molecule has 0 aliphatic rings. The Morgan fingerprint density at radius 3 is 2.41 bits per heavy atom. The summed E-state index contributed by atoms with van der Waals surface area (Å²) in [6.07, 6.45) is 0.840. The number of nitrogens with zero attached hydrogens (tertiary/aromatic N) is 1. The molecular weight excluding hydrogens is 479 g/mol. The van der Waals surface area contributed by atoms with Crippen LogP contribution in [0.3, 0.4) is 0 Å². The van der Waals surface area contributed by atoms with Crippen LogP contribution in [0.1, 0.15) is 34.0 Å². The van der Waals surface area contributed by atoms with Crippen molar-refractivity contribution >= 4 is 35.8 Å². The third-order valence-corrected chi connectivity index (χ3v) is 4.36. The number of benzene rings is 2. The Bertz CT molecular complexity index is 807. The number of aryl methyl sites for hydroxylation is 1. The molecular formula is C22H31IN4O2. The fourth-order valence-electron chi connectivity index (χ4n) is 2.86. The van der Waals surface area contributed by atoms with Gasteiger partial charge >= 0.3 is 0 Å². The van der Waals surface area contributed by atoms with Crippen LogP contribution in [0.15, 0.2) is 47.5 Å². The molecule has 2 aromatic carbocycles. The molecule has 29 heavy (non-hydrogen) atoms. The maximum atomic E-state index is 11.8. The summed E-state index contributed by atoms with van der Waals surface area (Å²) in [6.45, 7) is 5.98. The number of guanidine groups is 1. The van der Waals surface area contributed by atoms with Crippen LogP contribution in [0, 0.1) is 6.92 Å².